The van der Waals surface area contributed by atoms with Crippen molar-refractivity contribution >= 4 is 5.82 Å². The number of hydrogen-bond donors (Lipinski definition) is 0. The van der Waals surface area contributed by atoms with Crippen LogP contribution in [0.1, 0.15) is 35.9 Å². The summed E-state index contributed by atoms with van der Waals surface area (Å²) in [5.74, 6) is 1.61. The largest absolute Gasteiger partial charge is 0.442 e. The molecule has 0 unspecified atom stereocenters. The lowest BCUT2D eigenvalue weighted by Crippen LogP contribution is -2.20. The van der Waals surface area contributed by atoms with E-state index in [2.05, 4.69) is 19.9 Å². The van der Waals surface area contributed by atoms with Crippen LogP contribution >= 0.6 is 0 Å². The van der Waals surface area contributed by atoms with E-state index in [0.29, 0.717) is 31.3 Å². The van der Waals surface area contributed by atoms with E-state index in [4.69, 9.17) is 4.42 Å². The number of hydrogen-bond acceptors (Lipinski definition) is 6. The molecule has 0 aliphatic carbocycles. The van der Waals surface area contributed by atoms with Gasteiger partial charge in [-0.1, -0.05) is 0 Å². The number of halogens is 3. The quantitative estimate of drug-likeness (QED) is 0.857. The van der Waals surface area contributed by atoms with Crippen LogP contribution in [-0.4, -0.2) is 32.9 Å². The minimum Gasteiger partial charge on any atom is -0.442 e. The molecule has 2 aliphatic rings. The summed E-state index contributed by atoms with van der Waals surface area (Å²) >= 11 is 0. The van der Waals surface area contributed by atoms with Gasteiger partial charge in [-0.25, -0.2) is 15.0 Å². The number of oxazole rings is 1. The second-order valence-corrected chi connectivity index (χ2v) is 6.08. The molecule has 0 spiro atoms. The van der Waals surface area contributed by atoms with Crippen LogP contribution in [0.5, 0.6) is 0 Å². The third-order valence-electron chi connectivity index (χ3n) is 4.32. The van der Waals surface area contributed by atoms with Gasteiger partial charge in [-0.2, -0.15) is 13.2 Å². The summed E-state index contributed by atoms with van der Waals surface area (Å²) in [6.07, 6.45) is -1.15. The molecular weight excluding hydrogens is 323 g/mol. The van der Waals surface area contributed by atoms with Crippen molar-refractivity contribution in [1.82, 2.24) is 19.9 Å². The van der Waals surface area contributed by atoms with Gasteiger partial charge in [-0.3, -0.25) is 4.90 Å². The highest BCUT2D eigenvalue weighted by Gasteiger charge is 2.34. The number of likely N-dealkylation sites (tertiary alicyclic amines) is 1. The second kappa shape index (κ2) is 5.73. The lowest BCUT2D eigenvalue weighted by molar-refractivity contribution is -0.141. The molecule has 1 saturated heterocycles. The maximum atomic E-state index is 12.8. The maximum absolute atomic E-state index is 12.8. The van der Waals surface area contributed by atoms with E-state index in [1.54, 1.807) is 4.90 Å². The van der Waals surface area contributed by atoms with Crippen molar-refractivity contribution in [3.8, 4) is 0 Å². The van der Waals surface area contributed by atoms with Crippen molar-refractivity contribution in [3.05, 3.63) is 35.4 Å². The number of anilines is 1. The second-order valence-electron chi connectivity index (χ2n) is 6.08. The van der Waals surface area contributed by atoms with Gasteiger partial charge >= 0.3 is 6.18 Å². The zero-order valence-corrected chi connectivity index (χ0v) is 12.9. The number of alkyl halides is 3. The first-order valence-electron chi connectivity index (χ1n) is 7.83. The van der Waals surface area contributed by atoms with Crippen LogP contribution < -0.4 is 4.90 Å². The molecule has 128 valence electrons. The summed E-state index contributed by atoms with van der Waals surface area (Å²) < 4.78 is 44.1. The molecule has 2 aromatic rings. The summed E-state index contributed by atoms with van der Waals surface area (Å²) in [5, 5.41) is 0. The van der Waals surface area contributed by atoms with Crippen molar-refractivity contribution in [2.24, 2.45) is 0 Å². The Kier molecular flexibility index (Phi) is 3.67. The molecule has 0 saturated carbocycles. The van der Waals surface area contributed by atoms with Crippen molar-refractivity contribution in [2.45, 2.75) is 38.7 Å². The third kappa shape index (κ3) is 2.95. The molecule has 0 aromatic carbocycles. The van der Waals surface area contributed by atoms with Crippen LogP contribution in [0.3, 0.4) is 0 Å². The summed E-state index contributed by atoms with van der Waals surface area (Å²) in [6.45, 7) is 3.57. The first kappa shape index (κ1) is 15.4. The molecular formula is C15H16F3N5O. The fraction of sp³-hybridized carbons (Fsp3) is 0.533. The highest BCUT2D eigenvalue weighted by molar-refractivity contribution is 5.44. The predicted molar refractivity (Wildman–Crippen MR) is 77.9 cm³/mol. The van der Waals surface area contributed by atoms with Gasteiger partial charge in [0.25, 0.3) is 0 Å². The van der Waals surface area contributed by atoms with Gasteiger partial charge in [0.2, 0.25) is 5.89 Å². The highest BCUT2D eigenvalue weighted by atomic mass is 19.4. The Bertz CT molecular complexity index is 715. The first-order chi connectivity index (χ1) is 11.5. The van der Waals surface area contributed by atoms with E-state index in [9.17, 15) is 13.2 Å². The molecule has 24 heavy (non-hydrogen) atoms. The highest BCUT2D eigenvalue weighted by Crippen LogP contribution is 2.32. The molecule has 6 nitrogen and oxygen atoms in total. The first-order valence-corrected chi connectivity index (χ1v) is 7.83. The number of rotatable bonds is 3. The molecule has 4 heterocycles. The average Bonchev–Trinajstić information content (AvgIpc) is 3.23. The van der Waals surface area contributed by atoms with Crippen molar-refractivity contribution < 1.29 is 17.6 Å². The van der Waals surface area contributed by atoms with Crippen LogP contribution in [-0.2, 0) is 25.8 Å². The minimum atomic E-state index is -4.48. The Morgan fingerprint density at radius 3 is 2.62 bits per heavy atom. The summed E-state index contributed by atoms with van der Waals surface area (Å²) in [4.78, 5) is 15.7. The molecule has 2 aromatic heterocycles. The molecule has 9 heteroatoms. The lowest BCUT2D eigenvalue weighted by atomic mass is 10.3. The lowest BCUT2D eigenvalue weighted by Gasteiger charge is -2.17. The van der Waals surface area contributed by atoms with Crippen LogP contribution in [0.2, 0.25) is 0 Å². The van der Waals surface area contributed by atoms with Crippen LogP contribution in [0.25, 0.3) is 0 Å². The standard InChI is InChI=1S/C15H16F3N5O/c16-15(17,18)12-5-13(20-9-19-12)23-6-10-11(7-23)24-14(21-10)8-22-3-1-2-4-22/h5,9H,1-4,6-8H2. The van der Waals surface area contributed by atoms with E-state index < -0.39 is 11.9 Å². The topological polar surface area (TPSA) is 58.3 Å². The SMILES string of the molecule is FC(F)(F)c1cc(N2Cc3nc(CN4CCCC4)oc3C2)ncn1. The summed E-state index contributed by atoms with van der Waals surface area (Å²) in [7, 11) is 0. The van der Waals surface area contributed by atoms with E-state index in [-0.39, 0.29) is 5.82 Å². The van der Waals surface area contributed by atoms with Crippen LogP contribution in [0.4, 0.5) is 19.0 Å². The molecule has 0 amide bonds. The number of aromatic nitrogens is 3. The third-order valence-corrected chi connectivity index (χ3v) is 4.32. The Morgan fingerprint density at radius 1 is 1.12 bits per heavy atom. The molecule has 4 rings (SSSR count). The predicted octanol–water partition coefficient (Wildman–Crippen LogP) is 2.60. The maximum Gasteiger partial charge on any atom is 0.433 e. The smallest absolute Gasteiger partial charge is 0.433 e. The monoisotopic (exact) mass is 339 g/mol. The molecule has 0 N–H and O–H groups in total. The van der Waals surface area contributed by atoms with Crippen LogP contribution in [0, 0.1) is 0 Å². The minimum absolute atomic E-state index is 0.228. The molecule has 0 atom stereocenters. The molecule has 0 radical (unpaired) electrons. The fourth-order valence-corrected chi connectivity index (χ4v) is 3.13. The number of nitrogens with zero attached hydrogens (tertiary/aromatic N) is 5. The fourth-order valence-electron chi connectivity index (χ4n) is 3.13. The van der Waals surface area contributed by atoms with Gasteiger partial charge in [-0.05, 0) is 25.9 Å². The van der Waals surface area contributed by atoms with Gasteiger partial charge in [-0.15, -0.1) is 0 Å². The van der Waals surface area contributed by atoms with E-state index in [1.807, 2.05) is 0 Å². The summed E-state index contributed by atoms with van der Waals surface area (Å²) in [6, 6.07) is 0.955. The Balaban J connectivity index is 1.47. The van der Waals surface area contributed by atoms with Crippen molar-refractivity contribution in [1.29, 1.82) is 0 Å². The summed E-state index contributed by atoms with van der Waals surface area (Å²) in [5.41, 5.74) is -0.171. The van der Waals surface area contributed by atoms with E-state index in [0.717, 1.165) is 31.2 Å². The van der Waals surface area contributed by atoms with E-state index in [1.165, 1.54) is 12.8 Å². The zero-order valence-electron chi connectivity index (χ0n) is 12.9. The molecule has 2 aliphatic heterocycles. The number of fused-ring (bicyclic) bond motifs is 1. The van der Waals surface area contributed by atoms with Gasteiger partial charge in [0.1, 0.15) is 29.3 Å². The van der Waals surface area contributed by atoms with Crippen molar-refractivity contribution in [2.75, 3.05) is 18.0 Å². The Hall–Kier alpha value is -2.16. The Morgan fingerprint density at radius 2 is 1.92 bits per heavy atom. The van der Waals surface area contributed by atoms with Gasteiger partial charge in [0.05, 0.1) is 19.6 Å². The van der Waals surface area contributed by atoms with Gasteiger partial charge in [0, 0.05) is 6.07 Å². The molecule has 1 fully saturated rings. The zero-order chi connectivity index (χ0) is 16.7. The van der Waals surface area contributed by atoms with Gasteiger partial charge in [0.15, 0.2) is 0 Å². The van der Waals surface area contributed by atoms with Crippen LogP contribution in [0.15, 0.2) is 16.8 Å². The average molecular weight is 339 g/mol. The van der Waals surface area contributed by atoms with E-state index >= 15 is 0 Å². The Labute approximate surface area is 136 Å². The van der Waals surface area contributed by atoms with Gasteiger partial charge < -0.3 is 9.32 Å². The normalized spacial score (nSPS) is 18.4. The molecule has 0 bridgehead atoms. The van der Waals surface area contributed by atoms with Crippen molar-refractivity contribution in [3.63, 3.8) is 0 Å².